The number of alkyl halides is 2. The Kier molecular flexibility index (Phi) is 3.57. The number of methoxy groups -OCH3 is 1. The van der Waals surface area contributed by atoms with Crippen LogP contribution in [0.3, 0.4) is 0 Å². The largest absolute Gasteiger partial charge is 0.465 e. The van der Waals surface area contributed by atoms with Crippen molar-refractivity contribution < 1.29 is 18.3 Å². The predicted octanol–water partition coefficient (Wildman–Crippen LogP) is 3.17. The van der Waals surface area contributed by atoms with Crippen LogP contribution in [0.4, 0.5) is 8.78 Å². The van der Waals surface area contributed by atoms with Gasteiger partial charge in [-0.3, -0.25) is 0 Å². The van der Waals surface area contributed by atoms with Crippen molar-refractivity contribution in [2.75, 3.05) is 7.11 Å². The van der Waals surface area contributed by atoms with Crippen LogP contribution in [0.25, 0.3) is 0 Å². The maximum Gasteiger partial charge on any atom is 0.339 e. The van der Waals surface area contributed by atoms with Gasteiger partial charge in [0.1, 0.15) is 0 Å². The molecule has 1 aromatic carbocycles. The molecule has 14 heavy (non-hydrogen) atoms. The van der Waals surface area contributed by atoms with Crippen LogP contribution in [-0.2, 0) is 4.74 Å². The minimum absolute atomic E-state index is 0.0850. The van der Waals surface area contributed by atoms with Gasteiger partial charge in [0.05, 0.1) is 12.7 Å². The molecule has 0 fully saturated rings. The van der Waals surface area contributed by atoms with E-state index in [0.29, 0.717) is 0 Å². The molecule has 5 heteroatoms. The zero-order chi connectivity index (χ0) is 10.7. The molecule has 0 atom stereocenters. The summed E-state index contributed by atoms with van der Waals surface area (Å²) in [5, 5.41) is 0. The molecule has 0 saturated carbocycles. The molecule has 0 spiro atoms. The minimum atomic E-state index is -2.62. The lowest BCUT2D eigenvalue weighted by Crippen LogP contribution is -2.03. The summed E-state index contributed by atoms with van der Waals surface area (Å²) in [6, 6.07) is 4.06. The quantitative estimate of drug-likeness (QED) is 0.767. The predicted molar refractivity (Wildman–Crippen MR) is 50.4 cm³/mol. The van der Waals surface area contributed by atoms with Gasteiger partial charge in [0, 0.05) is 10.0 Å². The van der Waals surface area contributed by atoms with Crippen LogP contribution in [0.15, 0.2) is 22.7 Å². The van der Waals surface area contributed by atoms with Gasteiger partial charge in [-0.15, -0.1) is 0 Å². The highest BCUT2D eigenvalue weighted by Crippen LogP contribution is 2.30. The lowest BCUT2D eigenvalue weighted by Gasteiger charge is -2.06. The van der Waals surface area contributed by atoms with Crippen molar-refractivity contribution in [1.82, 2.24) is 0 Å². The van der Waals surface area contributed by atoms with Gasteiger partial charge in [0.2, 0.25) is 0 Å². The number of hydrogen-bond acceptors (Lipinski definition) is 2. The van der Waals surface area contributed by atoms with E-state index in [1.54, 1.807) is 0 Å². The van der Waals surface area contributed by atoms with E-state index in [1.165, 1.54) is 25.3 Å². The third-order valence-electron chi connectivity index (χ3n) is 1.67. The van der Waals surface area contributed by atoms with E-state index >= 15 is 0 Å². The maximum absolute atomic E-state index is 12.4. The molecule has 0 amide bonds. The van der Waals surface area contributed by atoms with Crippen LogP contribution in [0.1, 0.15) is 22.3 Å². The molecule has 0 bridgehead atoms. The Morgan fingerprint density at radius 1 is 1.50 bits per heavy atom. The molecule has 0 aliphatic rings. The van der Waals surface area contributed by atoms with Crippen LogP contribution in [0, 0.1) is 0 Å². The average molecular weight is 265 g/mol. The number of carbonyl (C=O) groups is 1. The Bertz CT molecular complexity index is 353. The summed E-state index contributed by atoms with van der Waals surface area (Å²) in [6.07, 6.45) is -2.62. The monoisotopic (exact) mass is 264 g/mol. The molecule has 2 nitrogen and oxygen atoms in total. The smallest absolute Gasteiger partial charge is 0.339 e. The maximum atomic E-state index is 12.4. The Balaban J connectivity index is 3.20. The number of carbonyl (C=O) groups excluding carboxylic acids is 1. The lowest BCUT2D eigenvalue weighted by molar-refractivity contribution is 0.0599. The Labute approximate surface area is 88.0 Å². The molecule has 0 saturated heterocycles. The second-order valence-electron chi connectivity index (χ2n) is 2.50. The van der Waals surface area contributed by atoms with E-state index in [1.807, 2.05) is 0 Å². The van der Waals surface area contributed by atoms with Crippen LogP contribution < -0.4 is 0 Å². The number of halogens is 3. The minimum Gasteiger partial charge on any atom is -0.465 e. The van der Waals surface area contributed by atoms with Gasteiger partial charge in [0.25, 0.3) is 6.43 Å². The van der Waals surface area contributed by atoms with E-state index in [4.69, 9.17) is 0 Å². The van der Waals surface area contributed by atoms with Crippen molar-refractivity contribution in [3.8, 4) is 0 Å². The fourth-order valence-electron chi connectivity index (χ4n) is 0.986. The summed E-state index contributed by atoms with van der Waals surface area (Å²) in [7, 11) is 1.20. The third-order valence-corrected chi connectivity index (χ3v) is 2.55. The van der Waals surface area contributed by atoms with Crippen molar-refractivity contribution in [1.29, 1.82) is 0 Å². The van der Waals surface area contributed by atoms with Crippen LogP contribution in [0.5, 0.6) is 0 Å². The normalized spacial score (nSPS) is 10.4. The highest BCUT2D eigenvalue weighted by molar-refractivity contribution is 9.10. The van der Waals surface area contributed by atoms with E-state index in [2.05, 4.69) is 20.7 Å². The van der Waals surface area contributed by atoms with Crippen LogP contribution >= 0.6 is 15.9 Å². The van der Waals surface area contributed by atoms with E-state index in [-0.39, 0.29) is 15.6 Å². The summed E-state index contributed by atoms with van der Waals surface area (Å²) >= 11 is 2.94. The Morgan fingerprint density at radius 2 is 2.14 bits per heavy atom. The second-order valence-corrected chi connectivity index (χ2v) is 3.29. The fourth-order valence-corrected chi connectivity index (χ4v) is 1.59. The molecule has 0 radical (unpaired) electrons. The topological polar surface area (TPSA) is 26.3 Å². The molecule has 1 aromatic rings. The van der Waals surface area contributed by atoms with Crippen molar-refractivity contribution in [3.63, 3.8) is 0 Å². The average Bonchev–Trinajstić information content (AvgIpc) is 2.16. The molecule has 76 valence electrons. The first kappa shape index (κ1) is 11.1. The molecule has 1 rings (SSSR count). The van der Waals surface area contributed by atoms with Crippen molar-refractivity contribution in [2.24, 2.45) is 0 Å². The summed E-state index contributed by atoms with van der Waals surface area (Å²) in [5.41, 5.74) is -0.113. The first-order valence-corrected chi connectivity index (χ1v) is 4.52. The van der Waals surface area contributed by atoms with E-state index in [0.717, 1.165) is 0 Å². The molecular formula is C9H7BrF2O2. The van der Waals surface area contributed by atoms with Crippen molar-refractivity contribution in [2.45, 2.75) is 6.43 Å². The van der Waals surface area contributed by atoms with Gasteiger partial charge in [-0.05, 0) is 22.0 Å². The van der Waals surface area contributed by atoms with Gasteiger partial charge >= 0.3 is 5.97 Å². The zero-order valence-corrected chi connectivity index (χ0v) is 8.85. The summed E-state index contributed by atoms with van der Waals surface area (Å²) in [6.45, 7) is 0. The van der Waals surface area contributed by atoms with Crippen molar-refractivity contribution >= 4 is 21.9 Å². The molecule has 0 unspecified atom stereocenters. The first-order chi connectivity index (χ1) is 6.57. The number of hydrogen-bond donors (Lipinski definition) is 0. The van der Waals surface area contributed by atoms with Crippen molar-refractivity contribution in [3.05, 3.63) is 33.8 Å². The molecule has 0 N–H and O–H groups in total. The Hall–Kier alpha value is -0.970. The summed E-state index contributed by atoms with van der Waals surface area (Å²) in [4.78, 5) is 11.1. The summed E-state index contributed by atoms with van der Waals surface area (Å²) < 4.78 is 29.3. The highest BCUT2D eigenvalue weighted by atomic mass is 79.9. The second kappa shape index (κ2) is 4.50. The van der Waals surface area contributed by atoms with E-state index in [9.17, 15) is 13.6 Å². The highest BCUT2D eigenvalue weighted by Gasteiger charge is 2.17. The zero-order valence-electron chi connectivity index (χ0n) is 7.26. The molecule has 0 aliphatic carbocycles. The van der Waals surface area contributed by atoms with E-state index < -0.39 is 12.4 Å². The molecular weight excluding hydrogens is 258 g/mol. The lowest BCUT2D eigenvalue weighted by atomic mass is 10.1. The standard InChI is InChI=1S/C9H7BrF2O2/c1-14-9(13)6-4-2-3-5(7(6)10)8(11)12/h2-4,8H,1H3. The Morgan fingerprint density at radius 3 is 2.64 bits per heavy atom. The fraction of sp³-hybridized carbons (Fsp3) is 0.222. The third kappa shape index (κ3) is 2.09. The molecule has 0 aliphatic heterocycles. The number of ether oxygens (including phenoxy) is 1. The molecule has 0 aromatic heterocycles. The number of esters is 1. The van der Waals surface area contributed by atoms with Crippen LogP contribution in [-0.4, -0.2) is 13.1 Å². The number of benzene rings is 1. The van der Waals surface area contributed by atoms with Crippen LogP contribution in [0.2, 0.25) is 0 Å². The number of rotatable bonds is 2. The van der Waals surface area contributed by atoms with Gasteiger partial charge in [0.15, 0.2) is 0 Å². The van der Waals surface area contributed by atoms with Gasteiger partial charge < -0.3 is 4.74 Å². The van der Waals surface area contributed by atoms with Gasteiger partial charge in [-0.2, -0.15) is 0 Å². The summed E-state index contributed by atoms with van der Waals surface area (Å²) in [5.74, 6) is -0.639. The van der Waals surface area contributed by atoms with Gasteiger partial charge in [-0.25, -0.2) is 13.6 Å². The SMILES string of the molecule is COC(=O)c1cccc(C(F)F)c1Br. The molecule has 0 heterocycles. The van der Waals surface area contributed by atoms with Gasteiger partial charge in [-0.1, -0.05) is 12.1 Å². The first-order valence-electron chi connectivity index (χ1n) is 3.72.